The second kappa shape index (κ2) is 10.2. The number of benzene rings is 1. The molecule has 0 saturated heterocycles. The van der Waals surface area contributed by atoms with Crippen molar-refractivity contribution in [1.29, 1.82) is 0 Å². The average molecular weight is 535 g/mol. The lowest BCUT2D eigenvalue weighted by molar-refractivity contribution is -0.113. The number of Topliss-reactive ketones (excluding diaryl/α,β-unsaturated/α-hetero) is 1. The quantitative estimate of drug-likeness (QED) is 0.257. The number of nitrogens with one attached hydrogen (secondary N) is 1. The van der Waals surface area contributed by atoms with E-state index in [0.717, 1.165) is 15.5 Å². The number of nitrogens with zero attached hydrogens (tertiary/aromatic N) is 1. The summed E-state index contributed by atoms with van der Waals surface area (Å²) in [6.45, 7) is -0.229. The van der Waals surface area contributed by atoms with Crippen LogP contribution >= 0.6 is 39.0 Å². The summed E-state index contributed by atoms with van der Waals surface area (Å²) in [4.78, 5) is 41.7. The van der Waals surface area contributed by atoms with E-state index in [2.05, 4.69) is 26.2 Å². The fraction of sp³-hybridized carbons (Fsp3) is 0.143. The molecule has 1 aliphatic rings. The Bertz CT molecular complexity index is 1180. The number of hydrogen-bond acceptors (Lipinski definition) is 9. The van der Waals surface area contributed by atoms with Crippen LogP contribution in [0.25, 0.3) is 0 Å². The van der Waals surface area contributed by atoms with Gasteiger partial charge in [0, 0.05) is 18.0 Å². The molecule has 32 heavy (non-hydrogen) atoms. The van der Waals surface area contributed by atoms with Crippen molar-refractivity contribution < 1.29 is 28.6 Å². The molecule has 11 heteroatoms. The van der Waals surface area contributed by atoms with Gasteiger partial charge in [-0.2, -0.15) is 0 Å². The number of fused-ring (bicyclic) bond motifs is 1. The summed E-state index contributed by atoms with van der Waals surface area (Å²) < 4.78 is 16.5. The largest absolute Gasteiger partial charge is 0.454 e. The summed E-state index contributed by atoms with van der Waals surface area (Å²) in [6, 6.07) is 11.7. The van der Waals surface area contributed by atoms with Gasteiger partial charge in [0.1, 0.15) is 5.03 Å². The summed E-state index contributed by atoms with van der Waals surface area (Å²) in [5.74, 6) is -0.0457. The fourth-order valence-electron chi connectivity index (χ4n) is 2.71. The Labute approximate surface area is 199 Å². The highest BCUT2D eigenvalue weighted by atomic mass is 79.9. The zero-order valence-corrected chi connectivity index (χ0v) is 19.6. The third kappa shape index (κ3) is 5.47. The number of pyridine rings is 1. The van der Waals surface area contributed by atoms with Crippen LogP contribution in [0.2, 0.25) is 0 Å². The van der Waals surface area contributed by atoms with Crippen LogP contribution in [0.4, 0.5) is 5.69 Å². The highest BCUT2D eigenvalue weighted by molar-refractivity contribution is 9.11. The molecule has 3 aromatic rings. The standard InChI is InChI=1S/C21H15BrN2O6S2/c22-18-6-5-17(32-18)14(25)9-28-21(27)13-2-1-7-23-20(13)31-10-19(26)24-12-3-4-15-16(8-12)30-11-29-15/h1-8H,9-11H2,(H,24,26). The first kappa shape index (κ1) is 22.3. The van der Waals surface area contributed by atoms with Crippen LogP contribution in [0.1, 0.15) is 20.0 Å². The van der Waals surface area contributed by atoms with E-state index in [1.165, 1.54) is 17.5 Å². The van der Waals surface area contributed by atoms with Crippen LogP contribution in [0, 0.1) is 0 Å². The molecule has 0 fully saturated rings. The van der Waals surface area contributed by atoms with E-state index in [9.17, 15) is 14.4 Å². The van der Waals surface area contributed by atoms with Crippen molar-refractivity contribution >= 4 is 62.4 Å². The second-order valence-corrected chi connectivity index (χ2v) is 9.79. The number of thioether (sulfide) groups is 1. The molecule has 0 bridgehead atoms. The fourth-order valence-corrected chi connectivity index (χ4v) is 4.80. The Morgan fingerprint density at radius 3 is 2.81 bits per heavy atom. The van der Waals surface area contributed by atoms with E-state index in [0.29, 0.717) is 27.1 Å². The van der Waals surface area contributed by atoms with Crippen LogP contribution in [0.5, 0.6) is 11.5 Å². The Morgan fingerprint density at radius 2 is 2.00 bits per heavy atom. The summed E-state index contributed by atoms with van der Waals surface area (Å²) in [6.07, 6.45) is 1.52. The van der Waals surface area contributed by atoms with Crippen LogP contribution in [0.3, 0.4) is 0 Å². The van der Waals surface area contributed by atoms with Crippen LogP contribution in [0.15, 0.2) is 57.5 Å². The molecule has 2 aromatic heterocycles. The maximum Gasteiger partial charge on any atom is 0.341 e. The summed E-state index contributed by atoms with van der Waals surface area (Å²) in [5, 5.41) is 3.10. The van der Waals surface area contributed by atoms with Crippen LogP contribution in [-0.2, 0) is 9.53 Å². The van der Waals surface area contributed by atoms with Gasteiger partial charge in [-0.25, -0.2) is 9.78 Å². The van der Waals surface area contributed by atoms with Crippen molar-refractivity contribution in [3.8, 4) is 11.5 Å². The molecule has 4 rings (SSSR count). The number of halogens is 1. The molecule has 8 nitrogen and oxygen atoms in total. The molecular formula is C21H15BrN2O6S2. The number of carbonyl (C=O) groups is 3. The number of hydrogen-bond donors (Lipinski definition) is 1. The molecule has 0 aliphatic carbocycles. The van der Waals surface area contributed by atoms with Crippen molar-refractivity contribution in [3.05, 3.63) is 62.9 Å². The molecule has 1 amide bonds. The molecule has 3 heterocycles. The lowest BCUT2D eigenvalue weighted by Crippen LogP contribution is -2.16. The van der Waals surface area contributed by atoms with E-state index in [4.69, 9.17) is 14.2 Å². The molecule has 0 spiro atoms. The maximum atomic E-state index is 12.5. The first-order valence-corrected chi connectivity index (χ1v) is 11.8. The number of anilines is 1. The topological polar surface area (TPSA) is 104 Å². The molecule has 0 saturated carbocycles. The van der Waals surface area contributed by atoms with E-state index in [-0.39, 0.29) is 36.4 Å². The zero-order chi connectivity index (χ0) is 22.5. The Kier molecular flexibility index (Phi) is 7.08. The molecule has 1 aliphatic heterocycles. The van der Waals surface area contributed by atoms with E-state index in [1.807, 2.05) is 0 Å². The van der Waals surface area contributed by atoms with Gasteiger partial charge < -0.3 is 19.5 Å². The van der Waals surface area contributed by atoms with E-state index in [1.54, 1.807) is 42.5 Å². The number of thiophene rings is 1. The second-order valence-electron chi connectivity index (χ2n) is 6.36. The van der Waals surface area contributed by atoms with Gasteiger partial charge in [0.15, 0.2) is 18.1 Å². The third-order valence-corrected chi connectivity index (χ3v) is 6.84. The number of ether oxygens (including phenoxy) is 3. The Hall–Kier alpha value is -2.89. The summed E-state index contributed by atoms with van der Waals surface area (Å²) in [7, 11) is 0. The van der Waals surface area contributed by atoms with Gasteiger partial charge in [0.2, 0.25) is 18.5 Å². The van der Waals surface area contributed by atoms with Crippen LogP contribution in [-0.4, -0.2) is 41.8 Å². The third-order valence-electron chi connectivity index (χ3n) is 4.17. The molecule has 1 N–H and O–H groups in total. The molecule has 0 radical (unpaired) electrons. The zero-order valence-electron chi connectivity index (χ0n) is 16.3. The molecule has 164 valence electrons. The Morgan fingerprint density at radius 1 is 1.16 bits per heavy atom. The SMILES string of the molecule is O=C(CSc1ncccc1C(=O)OCC(=O)c1ccc(Br)s1)Nc1ccc2c(c1)OCO2. The number of rotatable bonds is 8. The number of carbonyl (C=O) groups excluding carboxylic acids is 3. The van der Waals surface area contributed by atoms with Crippen molar-refractivity contribution in [2.24, 2.45) is 0 Å². The van der Waals surface area contributed by atoms with Gasteiger partial charge in [0.05, 0.1) is 20.0 Å². The van der Waals surface area contributed by atoms with E-state index < -0.39 is 5.97 Å². The predicted molar refractivity (Wildman–Crippen MR) is 123 cm³/mol. The van der Waals surface area contributed by atoms with Crippen molar-refractivity contribution in [2.45, 2.75) is 5.03 Å². The molecule has 0 unspecified atom stereocenters. The minimum atomic E-state index is -0.680. The van der Waals surface area contributed by atoms with Crippen molar-refractivity contribution in [1.82, 2.24) is 4.98 Å². The smallest absolute Gasteiger partial charge is 0.341 e. The minimum Gasteiger partial charge on any atom is -0.454 e. The van der Waals surface area contributed by atoms with Gasteiger partial charge in [-0.15, -0.1) is 11.3 Å². The highest BCUT2D eigenvalue weighted by Crippen LogP contribution is 2.34. The van der Waals surface area contributed by atoms with E-state index >= 15 is 0 Å². The monoisotopic (exact) mass is 534 g/mol. The minimum absolute atomic E-state index is 0.0217. The number of amides is 1. The Balaban J connectivity index is 1.33. The molecule has 0 atom stereocenters. The highest BCUT2D eigenvalue weighted by Gasteiger charge is 2.19. The first-order valence-electron chi connectivity index (χ1n) is 9.22. The van der Waals surface area contributed by atoms with Crippen LogP contribution < -0.4 is 14.8 Å². The van der Waals surface area contributed by atoms with Gasteiger partial charge in [-0.05, 0) is 52.3 Å². The lowest BCUT2D eigenvalue weighted by atomic mass is 10.3. The predicted octanol–water partition coefficient (Wildman–Crippen LogP) is 4.40. The first-order chi connectivity index (χ1) is 15.5. The van der Waals surface area contributed by atoms with Gasteiger partial charge >= 0.3 is 5.97 Å². The van der Waals surface area contributed by atoms with Crippen molar-refractivity contribution in [3.63, 3.8) is 0 Å². The average Bonchev–Trinajstić information content (AvgIpc) is 3.44. The van der Waals surface area contributed by atoms with Gasteiger partial charge in [0.25, 0.3) is 0 Å². The number of esters is 1. The lowest BCUT2D eigenvalue weighted by Gasteiger charge is -2.09. The molecular weight excluding hydrogens is 520 g/mol. The van der Waals surface area contributed by atoms with Gasteiger partial charge in [-0.1, -0.05) is 11.8 Å². The van der Waals surface area contributed by atoms with Crippen molar-refractivity contribution in [2.75, 3.05) is 24.5 Å². The maximum absolute atomic E-state index is 12.5. The summed E-state index contributed by atoms with van der Waals surface area (Å²) in [5.41, 5.74) is 0.757. The van der Waals surface area contributed by atoms with Gasteiger partial charge in [-0.3, -0.25) is 9.59 Å². The summed E-state index contributed by atoms with van der Waals surface area (Å²) >= 11 is 5.65. The molecule has 1 aromatic carbocycles. The number of aromatic nitrogens is 1. The number of ketones is 1. The normalized spacial score (nSPS) is 11.8.